The lowest BCUT2D eigenvalue weighted by Crippen LogP contribution is -2.44. The predicted molar refractivity (Wildman–Crippen MR) is 99.1 cm³/mol. The van der Waals surface area contributed by atoms with E-state index in [1.54, 1.807) is 4.90 Å². The van der Waals surface area contributed by atoms with Gasteiger partial charge in [-0.3, -0.25) is 4.79 Å². The first-order valence-electron chi connectivity index (χ1n) is 8.58. The first-order valence-corrected chi connectivity index (χ1v) is 8.58. The SMILES string of the molecule is Nc1cccc(CN2C(=O)COc3c(N4CCNCC4)cccc32)c1. The third-order valence-electron chi connectivity index (χ3n) is 4.65. The van der Waals surface area contributed by atoms with E-state index < -0.39 is 0 Å². The van der Waals surface area contributed by atoms with Crippen LogP contribution < -0.4 is 25.6 Å². The number of benzene rings is 2. The zero-order valence-electron chi connectivity index (χ0n) is 14.1. The summed E-state index contributed by atoms with van der Waals surface area (Å²) >= 11 is 0. The predicted octanol–water partition coefficient (Wildman–Crippen LogP) is 1.60. The van der Waals surface area contributed by atoms with Crippen LogP contribution >= 0.6 is 0 Å². The van der Waals surface area contributed by atoms with E-state index >= 15 is 0 Å². The molecule has 0 atom stereocenters. The molecule has 0 saturated carbocycles. The van der Waals surface area contributed by atoms with Crippen molar-refractivity contribution in [2.24, 2.45) is 0 Å². The Morgan fingerprint density at radius 1 is 1.08 bits per heavy atom. The maximum absolute atomic E-state index is 12.5. The lowest BCUT2D eigenvalue weighted by atomic mass is 10.1. The van der Waals surface area contributed by atoms with Gasteiger partial charge in [-0.25, -0.2) is 0 Å². The van der Waals surface area contributed by atoms with Gasteiger partial charge < -0.3 is 25.6 Å². The summed E-state index contributed by atoms with van der Waals surface area (Å²) in [7, 11) is 0. The lowest BCUT2D eigenvalue weighted by Gasteiger charge is -2.35. The van der Waals surface area contributed by atoms with Crippen LogP contribution in [0.15, 0.2) is 42.5 Å². The molecule has 0 aromatic heterocycles. The van der Waals surface area contributed by atoms with Crippen LogP contribution in [0.2, 0.25) is 0 Å². The molecule has 2 aliphatic rings. The molecule has 25 heavy (non-hydrogen) atoms. The fraction of sp³-hybridized carbons (Fsp3) is 0.316. The van der Waals surface area contributed by atoms with Gasteiger partial charge in [-0.1, -0.05) is 18.2 Å². The largest absolute Gasteiger partial charge is 0.479 e. The van der Waals surface area contributed by atoms with Gasteiger partial charge in [0.05, 0.1) is 17.9 Å². The zero-order chi connectivity index (χ0) is 17.2. The summed E-state index contributed by atoms with van der Waals surface area (Å²) in [6.45, 7) is 4.33. The van der Waals surface area contributed by atoms with E-state index in [0.29, 0.717) is 12.2 Å². The van der Waals surface area contributed by atoms with Gasteiger partial charge in [-0.15, -0.1) is 0 Å². The van der Waals surface area contributed by atoms with Crippen LogP contribution in [0, 0.1) is 0 Å². The number of piperazine rings is 1. The average Bonchev–Trinajstić information content (AvgIpc) is 2.64. The number of hydrogen-bond donors (Lipinski definition) is 2. The van der Waals surface area contributed by atoms with E-state index in [9.17, 15) is 4.79 Å². The van der Waals surface area contributed by atoms with Crippen LogP contribution in [0.4, 0.5) is 17.1 Å². The highest BCUT2D eigenvalue weighted by molar-refractivity contribution is 5.99. The van der Waals surface area contributed by atoms with Gasteiger partial charge in [0.25, 0.3) is 5.91 Å². The number of hydrogen-bond acceptors (Lipinski definition) is 5. The maximum Gasteiger partial charge on any atom is 0.265 e. The Balaban J connectivity index is 1.68. The van der Waals surface area contributed by atoms with Crippen molar-refractivity contribution in [3.8, 4) is 5.75 Å². The summed E-state index contributed by atoms with van der Waals surface area (Å²) in [6, 6.07) is 13.7. The number of nitrogens with two attached hydrogens (primary N) is 1. The molecule has 2 aromatic carbocycles. The zero-order valence-corrected chi connectivity index (χ0v) is 14.1. The number of nitrogens with one attached hydrogen (secondary N) is 1. The Morgan fingerprint density at radius 2 is 1.84 bits per heavy atom. The van der Waals surface area contributed by atoms with Gasteiger partial charge in [0, 0.05) is 31.9 Å². The number of nitrogen functional groups attached to an aromatic ring is 1. The number of carbonyl (C=O) groups is 1. The second-order valence-electron chi connectivity index (χ2n) is 6.38. The maximum atomic E-state index is 12.5. The van der Waals surface area contributed by atoms with E-state index in [2.05, 4.69) is 16.3 Å². The molecule has 1 fully saturated rings. The molecule has 2 aliphatic heterocycles. The third-order valence-corrected chi connectivity index (χ3v) is 4.65. The highest BCUT2D eigenvalue weighted by atomic mass is 16.5. The van der Waals surface area contributed by atoms with Gasteiger partial charge in [0.2, 0.25) is 0 Å². The van der Waals surface area contributed by atoms with Crippen LogP contribution in [-0.4, -0.2) is 38.7 Å². The van der Waals surface area contributed by atoms with Gasteiger partial charge in [-0.2, -0.15) is 0 Å². The van der Waals surface area contributed by atoms with E-state index in [1.165, 1.54) is 0 Å². The quantitative estimate of drug-likeness (QED) is 0.832. The molecule has 6 heteroatoms. The van der Waals surface area contributed by atoms with E-state index in [0.717, 1.165) is 48.9 Å². The standard InChI is InChI=1S/C19H22N4O2/c20-15-4-1-3-14(11-15)12-23-17-6-2-5-16(19(17)25-13-18(23)24)22-9-7-21-8-10-22/h1-6,11,21H,7-10,12-13,20H2. The van der Waals surface area contributed by atoms with Gasteiger partial charge in [-0.05, 0) is 29.8 Å². The fourth-order valence-electron chi connectivity index (χ4n) is 3.42. The molecular weight excluding hydrogens is 316 g/mol. The van der Waals surface area contributed by atoms with Gasteiger partial charge in [0.1, 0.15) is 0 Å². The number of rotatable bonds is 3. The second-order valence-corrected chi connectivity index (χ2v) is 6.38. The first kappa shape index (κ1) is 15.8. The minimum absolute atomic E-state index is 0.0348. The number of ether oxygens (including phenoxy) is 1. The van der Waals surface area contributed by atoms with Crippen molar-refractivity contribution in [2.75, 3.05) is 48.3 Å². The smallest absolute Gasteiger partial charge is 0.265 e. The topological polar surface area (TPSA) is 70.8 Å². The van der Waals surface area contributed by atoms with Gasteiger partial charge >= 0.3 is 0 Å². The molecule has 0 aliphatic carbocycles. The molecule has 3 N–H and O–H groups in total. The van der Waals surface area contributed by atoms with Crippen LogP contribution in [0.3, 0.4) is 0 Å². The molecule has 0 spiro atoms. The number of carbonyl (C=O) groups excluding carboxylic acids is 1. The highest BCUT2D eigenvalue weighted by Crippen LogP contribution is 2.41. The van der Waals surface area contributed by atoms with Crippen LogP contribution in [0.5, 0.6) is 5.75 Å². The number of nitrogens with zero attached hydrogens (tertiary/aromatic N) is 2. The summed E-state index contributed by atoms with van der Waals surface area (Å²) < 4.78 is 5.83. The molecule has 130 valence electrons. The summed E-state index contributed by atoms with van der Waals surface area (Å²) in [6.07, 6.45) is 0. The van der Waals surface area contributed by atoms with Crippen molar-refractivity contribution in [3.05, 3.63) is 48.0 Å². The van der Waals surface area contributed by atoms with Crippen LogP contribution in [0.25, 0.3) is 0 Å². The third kappa shape index (κ3) is 3.13. The van der Waals surface area contributed by atoms with E-state index in [-0.39, 0.29) is 12.5 Å². The van der Waals surface area contributed by atoms with Crippen molar-refractivity contribution >= 4 is 23.0 Å². The number of amides is 1. The van der Waals surface area contributed by atoms with Crippen molar-refractivity contribution in [1.82, 2.24) is 5.32 Å². The van der Waals surface area contributed by atoms with Crippen molar-refractivity contribution in [3.63, 3.8) is 0 Å². The lowest BCUT2D eigenvalue weighted by molar-refractivity contribution is -0.121. The summed E-state index contributed by atoms with van der Waals surface area (Å²) in [5.74, 6) is 0.764. The van der Waals surface area contributed by atoms with Crippen molar-refractivity contribution in [1.29, 1.82) is 0 Å². The Bertz CT molecular complexity index is 787. The fourth-order valence-corrected chi connectivity index (χ4v) is 3.42. The Hall–Kier alpha value is -2.73. The summed E-state index contributed by atoms with van der Waals surface area (Å²) in [4.78, 5) is 16.6. The van der Waals surface area contributed by atoms with Crippen LogP contribution in [-0.2, 0) is 11.3 Å². The molecule has 0 bridgehead atoms. The average molecular weight is 338 g/mol. The molecule has 4 rings (SSSR count). The Labute approximate surface area is 147 Å². The Kier molecular flexibility index (Phi) is 4.19. The summed E-state index contributed by atoms with van der Waals surface area (Å²) in [5, 5.41) is 3.36. The Morgan fingerprint density at radius 3 is 2.64 bits per heavy atom. The molecule has 0 unspecified atom stereocenters. The van der Waals surface area contributed by atoms with Crippen LogP contribution in [0.1, 0.15) is 5.56 Å². The molecule has 2 aromatic rings. The second kappa shape index (κ2) is 6.64. The molecular formula is C19H22N4O2. The molecule has 6 nitrogen and oxygen atoms in total. The number of anilines is 3. The van der Waals surface area contributed by atoms with E-state index in [1.807, 2.05) is 36.4 Å². The molecule has 2 heterocycles. The minimum Gasteiger partial charge on any atom is -0.479 e. The molecule has 0 radical (unpaired) electrons. The summed E-state index contributed by atoms with van der Waals surface area (Å²) in [5.41, 5.74) is 9.47. The monoisotopic (exact) mass is 338 g/mol. The van der Waals surface area contributed by atoms with Gasteiger partial charge in [0.15, 0.2) is 12.4 Å². The highest BCUT2D eigenvalue weighted by Gasteiger charge is 2.29. The van der Waals surface area contributed by atoms with Crippen molar-refractivity contribution < 1.29 is 9.53 Å². The molecule has 1 saturated heterocycles. The number of para-hydroxylation sites is 1. The first-order chi connectivity index (χ1) is 12.2. The van der Waals surface area contributed by atoms with E-state index in [4.69, 9.17) is 10.5 Å². The molecule has 1 amide bonds. The normalized spacial score (nSPS) is 17.2. The van der Waals surface area contributed by atoms with Crippen molar-refractivity contribution in [2.45, 2.75) is 6.54 Å². The minimum atomic E-state index is -0.0348. The number of fused-ring (bicyclic) bond motifs is 1.